The Kier molecular flexibility index (Phi) is 5.22. The molecule has 0 aliphatic carbocycles. The number of hydrazone groups is 1. The molecule has 4 aromatic rings. The molecule has 0 fully saturated rings. The first kappa shape index (κ1) is 21.4. The highest BCUT2D eigenvalue weighted by molar-refractivity contribution is 6.03. The number of para-hydroxylation sites is 1. The zero-order valence-corrected chi connectivity index (χ0v) is 19.0. The van der Waals surface area contributed by atoms with Gasteiger partial charge in [-0.15, -0.1) is 0 Å². The molecule has 4 heterocycles. The summed E-state index contributed by atoms with van der Waals surface area (Å²) < 4.78 is 11.7. The van der Waals surface area contributed by atoms with Gasteiger partial charge in [0.05, 0.1) is 18.8 Å². The largest absolute Gasteiger partial charge is 0.467 e. The van der Waals surface area contributed by atoms with Crippen LogP contribution < -0.4 is 5.73 Å². The summed E-state index contributed by atoms with van der Waals surface area (Å²) in [5.41, 5.74) is 9.33. The van der Waals surface area contributed by atoms with Crippen LogP contribution in [0.15, 0.2) is 86.9 Å². The average molecular weight is 469 g/mol. The Hall–Kier alpha value is -4.17. The lowest BCUT2D eigenvalue weighted by atomic mass is 9.93. The van der Waals surface area contributed by atoms with Gasteiger partial charge in [0.25, 0.3) is 5.91 Å². The number of hydrogen-bond donors (Lipinski definition) is 1. The number of fused-ring (bicyclic) bond motifs is 2. The molecule has 0 saturated carbocycles. The lowest BCUT2D eigenvalue weighted by Gasteiger charge is -2.35. The van der Waals surface area contributed by atoms with Crippen LogP contribution in [0.2, 0.25) is 0 Å². The molecule has 2 aliphatic heterocycles. The summed E-state index contributed by atoms with van der Waals surface area (Å²) in [5.74, 6) is 0.592. The second-order valence-corrected chi connectivity index (χ2v) is 8.96. The molecule has 0 saturated heterocycles. The van der Waals surface area contributed by atoms with Crippen LogP contribution in [0, 0.1) is 0 Å². The molecule has 2 atom stereocenters. The molecule has 2 amide bonds. The predicted molar refractivity (Wildman–Crippen MR) is 129 cm³/mol. The summed E-state index contributed by atoms with van der Waals surface area (Å²) in [4.78, 5) is 27.7. The van der Waals surface area contributed by atoms with Gasteiger partial charge in [0.1, 0.15) is 23.1 Å². The first-order valence-electron chi connectivity index (χ1n) is 11.6. The third-order valence-electron chi connectivity index (χ3n) is 6.76. The Bertz CT molecular complexity index is 1410. The van der Waals surface area contributed by atoms with Crippen LogP contribution in [0.4, 0.5) is 0 Å². The number of primary amides is 1. The fourth-order valence-electron chi connectivity index (χ4n) is 4.99. The van der Waals surface area contributed by atoms with Gasteiger partial charge in [0.2, 0.25) is 5.91 Å². The number of nitrogens with zero attached hydrogens (tertiary/aromatic N) is 3. The minimum atomic E-state index is -0.558. The van der Waals surface area contributed by atoms with E-state index in [2.05, 4.69) is 5.10 Å². The second kappa shape index (κ2) is 8.56. The molecule has 35 heavy (non-hydrogen) atoms. The maximum absolute atomic E-state index is 13.6. The fraction of sp³-hybridized carbons (Fsp3) is 0.222. The molecule has 0 radical (unpaired) electrons. The summed E-state index contributed by atoms with van der Waals surface area (Å²) in [6, 6.07) is 20.3. The molecule has 2 aromatic heterocycles. The molecular weight excluding hydrogens is 444 g/mol. The quantitative estimate of drug-likeness (QED) is 0.482. The van der Waals surface area contributed by atoms with Crippen LogP contribution in [0.5, 0.6) is 0 Å². The Morgan fingerprint density at radius 1 is 1.00 bits per heavy atom. The topological polar surface area (TPSA) is 105 Å². The van der Waals surface area contributed by atoms with Crippen molar-refractivity contribution in [1.82, 2.24) is 9.91 Å². The maximum atomic E-state index is 13.6. The van der Waals surface area contributed by atoms with E-state index >= 15 is 0 Å². The lowest BCUT2D eigenvalue weighted by molar-refractivity contribution is -0.136. The number of rotatable bonds is 5. The van der Waals surface area contributed by atoms with Crippen molar-refractivity contribution in [3.63, 3.8) is 0 Å². The van der Waals surface area contributed by atoms with E-state index in [4.69, 9.17) is 14.6 Å². The standard InChI is InChI=1S/C27H24N4O4/c28-27(33)22-12-17-6-1-2-8-19(17)15-30(22)16-26(32)31-21(24-10-5-11-34-24)14-20(29-31)25-13-18-7-3-4-9-23(18)35-25/h1-11,13,21-22H,12,14-16H2,(H2,28,33). The van der Waals surface area contributed by atoms with Crippen LogP contribution in [0.1, 0.15) is 35.1 Å². The predicted octanol–water partition coefficient (Wildman–Crippen LogP) is 3.62. The summed E-state index contributed by atoms with van der Waals surface area (Å²) in [5, 5.41) is 7.11. The van der Waals surface area contributed by atoms with E-state index < -0.39 is 18.0 Å². The van der Waals surface area contributed by atoms with E-state index in [0.29, 0.717) is 36.6 Å². The highest BCUT2D eigenvalue weighted by atomic mass is 16.3. The first-order chi connectivity index (χ1) is 17.1. The minimum Gasteiger partial charge on any atom is -0.467 e. The fourth-order valence-corrected chi connectivity index (χ4v) is 4.99. The van der Waals surface area contributed by atoms with Crippen molar-refractivity contribution >= 4 is 28.5 Å². The van der Waals surface area contributed by atoms with Crippen LogP contribution in [-0.4, -0.2) is 40.0 Å². The average Bonchev–Trinajstić information content (AvgIpc) is 3.62. The Morgan fingerprint density at radius 2 is 1.80 bits per heavy atom. The highest BCUT2D eigenvalue weighted by Gasteiger charge is 2.38. The van der Waals surface area contributed by atoms with Gasteiger partial charge in [0, 0.05) is 18.4 Å². The third kappa shape index (κ3) is 3.91. The smallest absolute Gasteiger partial charge is 0.257 e. The van der Waals surface area contributed by atoms with Crippen molar-refractivity contribution in [3.05, 3.63) is 95.6 Å². The van der Waals surface area contributed by atoms with Crippen LogP contribution in [-0.2, 0) is 22.6 Å². The third-order valence-corrected chi connectivity index (χ3v) is 6.76. The van der Waals surface area contributed by atoms with Crippen LogP contribution >= 0.6 is 0 Å². The molecule has 0 bridgehead atoms. The van der Waals surface area contributed by atoms with E-state index in [-0.39, 0.29) is 12.5 Å². The number of carbonyl (C=O) groups excluding carboxylic acids is 2. The molecule has 2 aromatic carbocycles. The van der Waals surface area contributed by atoms with Gasteiger partial charge in [-0.2, -0.15) is 5.10 Å². The normalized spacial score (nSPS) is 20.1. The SMILES string of the molecule is NC(=O)C1Cc2ccccc2CN1CC(=O)N1N=C(c2cc3ccccc3o2)CC1c1ccco1. The van der Waals surface area contributed by atoms with Crippen LogP contribution in [0.25, 0.3) is 11.0 Å². The Morgan fingerprint density at radius 3 is 2.57 bits per heavy atom. The van der Waals surface area contributed by atoms with E-state index in [1.54, 1.807) is 12.3 Å². The van der Waals surface area contributed by atoms with Gasteiger partial charge in [0.15, 0.2) is 5.76 Å². The van der Waals surface area contributed by atoms with E-state index in [0.717, 1.165) is 22.1 Å². The van der Waals surface area contributed by atoms with Crippen molar-refractivity contribution in [1.29, 1.82) is 0 Å². The molecule has 2 N–H and O–H groups in total. The maximum Gasteiger partial charge on any atom is 0.257 e. The number of nitrogens with two attached hydrogens (primary N) is 1. The Labute approximate surface area is 201 Å². The molecule has 176 valence electrons. The van der Waals surface area contributed by atoms with Gasteiger partial charge >= 0.3 is 0 Å². The molecule has 8 nitrogen and oxygen atoms in total. The van der Waals surface area contributed by atoms with E-state index in [1.807, 2.05) is 65.6 Å². The molecule has 2 aliphatic rings. The first-order valence-corrected chi connectivity index (χ1v) is 11.6. The zero-order chi connectivity index (χ0) is 23.9. The van der Waals surface area contributed by atoms with Crippen molar-refractivity contribution in [2.24, 2.45) is 10.8 Å². The number of carbonyl (C=O) groups is 2. The number of amides is 2. The summed E-state index contributed by atoms with van der Waals surface area (Å²) in [7, 11) is 0. The lowest BCUT2D eigenvalue weighted by Crippen LogP contribution is -2.51. The molecule has 8 heteroatoms. The zero-order valence-electron chi connectivity index (χ0n) is 19.0. The molecular formula is C27H24N4O4. The number of benzene rings is 2. The van der Waals surface area contributed by atoms with Crippen molar-refractivity contribution in [2.75, 3.05) is 6.54 Å². The van der Waals surface area contributed by atoms with Gasteiger partial charge in [-0.3, -0.25) is 14.5 Å². The van der Waals surface area contributed by atoms with Gasteiger partial charge < -0.3 is 14.6 Å². The van der Waals surface area contributed by atoms with Crippen molar-refractivity contribution in [3.8, 4) is 0 Å². The van der Waals surface area contributed by atoms with Gasteiger partial charge in [-0.1, -0.05) is 42.5 Å². The highest BCUT2D eigenvalue weighted by Crippen LogP contribution is 2.35. The number of hydrogen-bond acceptors (Lipinski definition) is 6. The Balaban J connectivity index is 1.30. The van der Waals surface area contributed by atoms with Crippen molar-refractivity contribution < 1.29 is 18.4 Å². The van der Waals surface area contributed by atoms with Crippen molar-refractivity contribution in [2.45, 2.75) is 31.5 Å². The monoisotopic (exact) mass is 468 g/mol. The van der Waals surface area contributed by atoms with E-state index in [1.165, 1.54) is 5.01 Å². The summed E-state index contributed by atoms with van der Waals surface area (Å²) in [6.45, 7) is 0.477. The minimum absolute atomic E-state index is 0.00998. The van der Waals surface area contributed by atoms with Crippen LogP contribution in [0.3, 0.4) is 0 Å². The summed E-state index contributed by atoms with van der Waals surface area (Å²) in [6.07, 6.45) is 2.52. The molecule has 6 rings (SSSR count). The van der Waals surface area contributed by atoms with Gasteiger partial charge in [-0.25, -0.2) is 5.01 Å². The summed E-state index contributed by atoms with van der Waals surface area (Å²) >= 11 is 0. The number of furan rings is 2. The molecule has 2 unspecified atom stereocenters. The van der Waals surface area contributed by atoms with Gasteiger partial charge in [-0.05, 0) is 41.8 Å². The molecule has 0 spiro atoms. The van der Waals surface area contributed by atoms with E-state index in [9.17, 15) is 9.59 Å². The second-order valence-electron chi connectivity index (χ2n) is 8.96.